The van der Waals surface area contributed by atoms with Crippen LogP contribution in [0.2, 0.25) is 0 Å². The van der Waals surface area contributed by atoms with E-state index in [9.17, 15) is 14.7 Å². The van der Waals surface area contributed by atoms with E-state index in [-0.39, 0.29) is 18.4 Å². The summed E-state index contributed by atoms with van der Waals surface area (Å²) in [6.45, 7) is 2.74. The lowest BCUT2D eigenvalue weighted by Crippen LogP contribution is -2.32. The van der Waals surface area contributed by atoms with Gasteiger partial charge in [0.05, 0.1) is 12.1 Å². The first kappa shape index (κ1) is 21.2. The molecule has 0 aliphatic carbocycles. The third-order valence-electron chi connectivity index (χ3n) is 5.00. The number of hydrogen-bond acceptors (Lipinski definition) is 3. The monoisotopic (exact) mass is 373 g/mol. The van der Waals surface area contributed by atoms with E-state index in [4.69, 9.17) is 5.11 Å². The highest BCUT2D eigenvalue weighted by atomic mass is 16.4. The van der Waals surface area contributed by atoms with Crippen molar-refractivity contribution in [2.45, 2.75) is 70.4 Å². The number of aliphatic carboxylic acids is 1. The molecule has 1 aromatic rings. The third-order valence-corrected chi connectivity index (χ3v) is 5.00. The van der Waals surface area contributed by atoms with Gasteiger partial charge in [-0.2, -0.15) is 0 Å². The van der Waals surface area contributed by atoms with E-state index in [1.165, 1.54) is 5.56 Å². The lowest BCUT2D eigenvalue weighted by Gasteiger charge is -2.22. The standard InChI is InChI=1S/C22H31NO4/c1-17-7-6-8-18(15-17)16-20(24)12-10-19-11-13-21(25)23(19)14-5-3-2-4-9-22(26)27/h6-8,10,12,15,19-20,24H,2-5,9,11,13-14,16H2,1H3,(H,26,27)/b12-10+/t19-,20+/m0/s1. The fraction of sp³-hybridized carbons (Fsp3) is 0.545. The molecule has 27 heavy (non-hydrogen) atoms. The van der Waals surface area contributed by atoms with Crippen molar-refractivity contribution in [3.05, 3.63) is 47.5 Å². The first-order valence-electron chi connectivity index (χ1n) is 9.89. The van der Waals surface area contributed by atoms with Crippen molar-refractivity contribution < 1.29 is 19.8 Å². The van der Waals surface area contributed by atoms with Gasteiger partial charge in [0.2, 0.25) is 5.91 Å². The molecule has 1 saturated heterocycles. The Kier molecular flexibility index (Phi) is 8.52. The maximum atomic E-state index is 12.1. The predicted octanol–water partition coefficient (Wildman–Crippen LogP) is 3.48. The van der Waals surface area contributed by atoms with E-state index in [0.29, 0.717) is 25.8 Å². The van der Waals surface area contributed by atoms with E-state index in [2.05, 4.69) is 6.07 Å². The topological polar surface area (TPSA) is 77.8 Å². The second-order valence-corrected chi connectivity index (χ2v) is 7.40. The normalized spacial score (nSPS) is 18.4. The summed E-state index contributed by atoms with van der Waals surface area (Å²) in [7, 11) is 0. The van der Waals surface area contributed by atoms with Crippen molar-refractivity contribution in [1.29, 1.82) is 0 Å². The lowest BCUT2D eigenvalue weighted by molar-refractivity contribution is -0.137. The molecule has 0 radical (unpaired) electrons. The number of likely N-dealkylation sites (tertiary alicyclic amines) is 1. The summed E-state index contributed by atoms with van der Waals surface area (Å²) in [5.74, 6) is -0.581. The number of unbranched alkanes of at least 4 members (excludes halogenated alkanes) is 3. The van der Waals surface area contributed by atoms with Gasteiger partial charge in [-0.25, -0.2) is 0 Å². The van der Waals surface area contributed by atoms with Gasteiger partial charge in [-0.1, -0.05) is 54.8 Å². The van der Waals surface area contributed by atoms with Crippen molar-refractivity contribution in [2.24, 2.45) is 0 Å². The Morgan fingerprint density at radius 2 is 2.07 bits per heavy atom. The SMILES string of the molecule is Cc1cccc(C[C@H](O)/C=C/[C@H]2CCC(=O)N2CCCCCCC(=O)O)c1. The average molecular weight is 373 g/mol. The van der Waals surface area contributed by atoms with E-state index in [0.717, 1.165) is 31.2 Å². The minimum atomic E-state index is -0.751. The molecule has 1 aliphatic heterocycles. The zero-order valence-electron chi connectivity index (χ0n) is 16.1. The molecule has 0 unspecified atom stereocenters. The molecule has 148 valence electrons. The molecule has 1 aromatic carbocycles. The number of benzene rings is 1. The van der Waals surface area contributed by atoms with Gasteiger partial charge in [-0.15, -0.1) is 0 Å². The van der Waals surface area contributed by atoms with Crippen LogP contribution < -0.4 is 0 Å². The van der Waals surface area contributed by atoms with E-state index in [1.54, 1.807) is 0 Å². The first-order valence-corrected chi connectivity index (χ1v) is 9.89. The lowest BCUT2D eigenvalue weighted by atomic mass is 10.0. The number of nitrogens with zero attached hydrogens (tertiary/aromatic N) is 1. The predicted molar refractivity (Wildman–Crippen MR) is 105 cm³/mol. The molecule has 0 saturated carbocycles. The number of aryl methyl sites for hydroxylation is 1. The summed E-state index contributed by atoms with van der Waals surface area (Å²) >= 11 is 0. The maximum Gasteiger partial charge on any atom is 0.303 e. The van der Waals surface area contributed by atoms with Gasteiger partial charge in [0.1, 0.15) is 0 Å². The molecule has 1 amide bonds. The van der Waals surface area contributed by atoms with Gasteiger partial charge in [0, 0.05) is 25.8 Å². The molecule has 0 aromatic heterocycles. The summed E-state index contributed by atoms with van der Waals surface area (Å²) in [4.78, 5) is 24.5. The summed E-state index contributed by atoms with van der Waals surface area (Å²) in [5.41, 5.74) is 2.28. The van der Waals surface area contributed by atoms with Crippen LogP contribution in [0, 0.1) is 6.92 Å². The molecular formula is C22H31NO4. The van der Waals surface area contributed by atoms with Crippen LogP contribution in [0.3, 0.4) is 0 Å². The number of aliphatic hydroxyl groups excluding tert-OH is 1. The Labute approximate surface area is 161 Å². The molecule has 0 bridgehead atoms. The summed E-state index contributed by atoms with van der Waals surface area (Å²) < 4.78 is 0. The van der Waals surface area contributed by atoms with Crippen LogP contribution in [0.5, 0.6) is 0 Å². The minimum absolute atomic E-state index is 0.0590. The molecule has 5 heteroatoms. The Morgan fingerprint density at radius 3 is 2.81 bits per heavy atom. The molecule has 5 nitrogen and oxygen atoms in total. The van der Waals surface area contributed by atoms with Crippen LogP contribution in [0.15, 0.2) is 36.4 Å². The molecule has 1 fully saturated rings. The molecule has 2 N–H and O–H groups in total. The van der Waals surface area contributed by atoms with Crippen molar-refractivity contribution in [1.82, 2.24) is 4.90 Å². The number of carboxylic acids is 1. The highest BCUT2D eigenvalue weighted by molar-refractivity contribution is 5.79. The molecular weight excluding hydrogens is 342 g/mol. The number of carboxylic acid groups (broad SMARTS) is 1. The Bertz CT molecular complexity index is 655. The zero-order valence-corrected chi connectivity index (χ0v) is 16.1. The van der Waals surface area contributed by atoms with Crippen LogP contribution in [0.4, 0.5) is 0 Å². The number of carbonyl (C=O) groups is 2. The average Bonchev–Trinajstić information content (AvgIpc) is 2.96. The largest absolute Gasteiger partial charge is 0.481 e. The van der Waals surface area contributed by atoms with Crippen molar-refractivity contribution in [2.75, 3.05) is 6.54 Å². The van der Waals surface area contributed by atoms with Gasteiger partial charge >= 0.3 is 5.97 Å². The van der Waals surface area contributed by atoms with Crippen LogP contribution in [0.1, 0.15) is 56.1 Å². The second kappa shape index (κ2) is 10.9. The third kappa shape index (κ3) is 7.55. The number of amides is 1. The summed E-state index contributed by atoms with van der Waals surface area (Å²) in [6.07, 6.45) is 8.76. The highest BCUT2D eigenvalue weighted by Crippen LogP contribution is 2.21. The van der Waals surface area contributed by atoms with E-state index >= 15 is 0 Å². The minimum Gasteiger partial charge on any atom is -0.481 e. The highest BCUT2D eigenvalue weighted by Gasteiger charge is 2.28. The number of rotatable bonds is 11. The molecule has 2 rings (SSSR count). The first-order chi connectivity index (χ1) is 13.0. The van der Waals surface area contributed by atoms with Gasteiger partial charge in [0.15, 0.2) is 0 Å². The Morgan fingerprint density at radius 1 is 1.30 bits per heavy atom. The maximum absolute atomic E-state index is 12.1. The van der Waals surface area contributed by atoms with Crippen LogP contribution >= 0.6 is 0 Å². The molecule has 2 atom stereocenters. The molecule has 0 spiro atoms. The summed E-state index contributed by atoms with van der Waals surface area (Å²) in [5, 5.41) is 18.9. The van der Waals surface area contributed by atoms with Crippen molar-refractivity contribution in [3.63, 3.8) is 0 Å². The van der Waals surface area contributed by atoms with E-state index < -0.39 is 12.1 Å². The Balaban J connectivity index is 1.77. The molecule has 1 aliphatic rings. The van der Waals surface area contributed by atoms with Gasteiger partial charge in [-0.3, -0.25) is 9.59 Å². The zero-order chi connectivity index (χ0) is 19.6. The fourth-order valence-corrected chi connectivity index (χ4v) is 3.56. The Hall–Kier alpha value is -2.14. The smallest absolute Gasteiger partial charge is 0.303 e. The number of aliphatic hydroxyl groups is 1. The fourth-order valence-electron chi connectivity index (χ4n) is 3.56. The van der Waals surface area contributed by atoms with Crippen molar-refractivity contribution >= 4 is 11.9 Å². The van der Waals surface area contributed by atoms with Gasteiger partial charge in [-0.05, 0) is 31.7 Å². The van der Waals surface area contributed by atoms with E-state index in [1.807, 2.05) is 42.2 Å². The van der Waals surface area contributed by atoms with Crippen molar-refractivity contribution in [3.8, 4) is 0 Å². The summed E-state index contributed by atoms with van der Waals surface area (Å²) in [6, 6.07) is 8.18. The number of hydrogen-bond donors (Lipinski definition) is 2. The van der Waals surface area contributed by atoms with Crippen LogP contribution in [-0.4, -0.2) is 45.7 Å². The second-order valence-electron chi connectivity index (χ2n) is 7.40. The number of carbonyl (C=O) groups excluding carboxylic acids is 1. The van der Waals surface area contributed by atoms with Crippen LogP contribution in [0.25, 0.3) is 0 Å². The van der Waals surface area contributed by atoms with Crippen LogP contribution in [-0.2, 0) is 16.0 Å². The van der Waals surface area contributed by atoms with Gasteiger partial charge in [0.25, 0.3) is 0 Å². The quantitative estimate of drug-likeness (QED) is 0.460. The molecule has 1 heterocycles. The van der Waals surface area contributed by atoms with Gasteiger partial charge < -0.3 is 15.1 Å².